The second kappa shape index (κ2) is 20.8. The summed E-state index contributed by atoms with van der Waals surface area (Å²) in [5.74, 6) is -1.77. The zero-order valence-corrected chi connectivity index (χ0v) is 29.1. The molecule has 0 aliphatic carbocycles. The van der Waals surface area contributed by atoms with E-state index >= 15 is 0 Å². The Labute approximate surface area is 311 Å². The van der Waals surface area contributed by atoms with Crippen molar-refractivity contribution in [1.82, 2.24) is 14.1 Å². The van der Waals surface area contributed by atoms with Crippen LogP contribution in [0.1, 0.15) is 37.9 Å². The monoisotopic (exact) mass is 817 g/mol. The summed E-state index contributed by atoms with van der Waals surface area (Å²) in [7, 11) is 0. The fourth-order valence-electron chi connectivity index (χ4n) is 2.67. The molecular weight excluding hydrogens is 802 g/mol. The lowest BCUT2D eigenvalue weighted by Crippen LogP contribution is -3.00. The molecule has 0 saturated carbocycles. The summed E-state index contributed by atoms with van der Waals surface area (Å²) in [4.78, 5) is 30.2. The zero-order chi connectivity index (χ0) is 34.6. The molecule has 0 bridgehead atoms. The maximum Gasteiger partial charge on any atom is 0.416 e. The van der Waals surface area contributed by atoms with Crippen LogP contribution in [0.3, 0.4) is 0 Å². The summed E-state index contributed by atoms with van der Waals surface area (Å²) in [5.41, 5.74) is 5.98. The molecule has 3 N–H and O–H groups in total. The molecule has 0 aliphatic heterocycles. The van der Waals surface area contributed by atoms with Crippen LogP contribution < -0.4 is 23.5 Å². The largest absolute Gasteiger partial charge is 1.00 e. The molecule has 254 valence electrons. The Morgan fingerprint density at radius 1 is 0.854 bits per heavy atom. The first kappa shape index (κ1) is 44.5. The number of alkyl halides is 3. The number of amidine groups is 1. The van der Waals surface area contributed by atoms with Crippen LogP contribution in [-0.2, 0) is 6.18 Å². The molecule has 48 heavy (non-hydrogen) atoms. The van der Waals surface area contributed by atoms with Gasteiger partial charge in [-0.05, 0) is 66.4 Å². The smallest absolute Gasteiger partial charge is 0.416 e. The van der Waals surface area contributed by atoms with E-state index in [2.05, 4.69) is 24.0 Å². The minimum absolute atomic E-state index is 0. The molecule has 0 spiro atoms. The van der Waals surface area contributed by atoms with Crippen LogP contribution in [0.2, 0.25) is 20.4 Å². The Morgan fingerprint density at radius 3 is 1.69 bits per heavy atom. The number of aryl methyl sites for hydroxylation is 1. The number of amides is 2. The van der Waals surface area contributed by atoms with Gasteiger partial charge in [-0.15, -0.1) is 0 Å². The quantitative estimate of drug-likeness (QED) is 0.178. The third-order valence-electron chi connectivity index (χ3n) is 4.75. The van der Waals surface area contributed by atoms with Crippen LogP contribution in [0.25, 0.3) is 0 Å². The van der Waals surface area contributed by atoms with Crippen LogP contribution in [0.5, 0.6) is 0 Å². The topological polar surface area (TPSA) is 170 Å². The number of hydrogen-bond acceptors (Lipinski definition) is 10. The molecule has 0 atom stereocenters. The number of nitrogens with two attached hydrogens (primary N) is 1. The van der Waals surface area contributed by atoms with E-state index in [-0.39, 0.29) is 60.8 Å². The number of aliphatic imine (C=N–C) groups is 2. The number of primary amides is 1. The van der Waals surface area contributed by atoms with E-state index in [1.54, 1.807) is 12.1 Å². The van der Waals surface area contributed by atoms with Gasteiger partial charge in [-0.1, -0.05) is 83.1 Å². The van der Waals surface area contributed by atoms with Gasteiger partial charge >= 0.3 is 6.18 Å². The minimum Gasteiger partial charge on any atom is -1.00 e. The van der Waals surface area contributed by atoms with Gasteiger partial charge in [-0.2, -0.15) is 32.4 Å². The van der Waals surface area contributed by atoms with Gasteiger partial charge in [0, 0.05) is 0 Å². The molecular formula is C27H18Cl6F3N8O2S2-. The second-order valence-corrected chi connectivity index (χ2v) is 11.4. The first-order chi connectivity index (χ1) is 21.6. The van der Waals surface area contributed by atoms with E-state index < -0.39 is 29.4 Å². The van der Waals surface area contributed by atoms with Crippen molar-refractivity contribution in [1.29, 1.82) is 10.5 Å². The summed E-state index contributed by atoms with van der Waals surface area (Å²) in [6, 6.07) is 14.6. The standard InChI is InChI=1S/C13H5Cl2F3N4OS.C9H7ClN2.C4H2Cl2N2OS.CH4.ClH/c14-9-10(24-22-11(9)15)12(23)21-8(5-19)20-7-3-1-6(2-4-7)13(16,17)18;1-7-2-4-8(5-3-7)12-9(10)6-11;5-1-2(4(7)9)10-8-3(1)6;;/h1-4H,(H,20,21,23);2-5H,1H3;(H2,7,9);1H4;1H/p-1. The van der Waals surface area contributed by atoms with Crippen LogP contribution in [0, 0.1) is 29.6 Å². The first-order valence-corrected chi connectivity index (χ1v) is 15.1. The minimum atomic E-state index is -4.48. The van der Waals surface area contributed by atoms with Crippen LogP contribution in [0.4, 0.5) is 24.5 Å². The maximum absolute atomic E-state index is 12.5. The number of rotatable bonds is 4. The Kier molecular flexibility index (Phi) is 19.2. The van der Waals surface area contributed by atoms with Crippen molar-refractivity contribution in [3.05, 3.63) is 89.8 Å². The highest BCUT2D eigenvalue weighted by molar-refractivity contribution is 7.09. The fourth-order valence-corrected chi connectivity index (χ4v) is 4.95. The van der Waals surface area contributed by atoms with Crippen LogP contribution in [-0.4, -0.2) is 31.6 Å². The Morgan fingerprint density at radius 2 is 1.31 bits per heavy atom. The van der Waals surface area contributed by atoms with Crippen molar-refractivity contribution < 1.29 is 35.2 Å². The van der Waals surface area contributed by atoms with E-state index in [0.717, 1.165) is 52.9 Å². The molecule has 2 heterocycles. The summed E-state index contributed by atoms with van der Waals surface area (Å²) in [6.07, 6.45) is -4.48. The Bertz CT molecular complexity index is 1850. The highest BCUT2D eigenvalue weighted by Gasteiger charge is 2.30. The molecule has 4 rings (SSSR count). The van der Waals surface area contributed by atoms with Crippen LogP contribution >= 0.6 is 81.1 Å². The fraction of sp³-hybridized carbons (Fsp3) is 0.111. The van der Waals surface area contributed by atoms with Crippen molar-refractivity contribution in [2.24, 2.45) is 15.7 Å². The Hall–Kier alpha value is -3.51. The van der Waals surface area contributed by atoms with Crippen molar-refractivity contribution >= 4 is 115 Å². The number of hydrogen-bond donors (Lipinski definition) is 2. The number of carbonyl (C=O) groups is 2. The lowest BCUT2D eigenvalue weighted by molar-refractivity contribution is -0.137. The first-order valence-electron chi connectivity index (χ1n) is 11.7. The zero-order valence-electron chi connectivity index (χ0n) is 22.9. The summed E-state index contributed by atoms with van der Waals surface area (Å²) in [6.45, 7) is 1.99. The van der Waals surface area contributed by atoms with Crippen molar-refractivity contribution in [3.63, 3.8) is 0 Å². The number of nitriles is 2. The van der Waals surface area contributed by atoms with Gasteiger partial charge in [0.2, 0.25) is 11.0 Å². The third kappa shape index (κ3) is 13.9. The molecule has 4 aromatic rings. The van der Waals surface area contributed by atoms with Gasteiger partial charge in [-0.3, -0.25) is 14.9 Å². The molecule has 21 heteroatoms. The molecule has 0 saturated heterocycles. The average Bonchev–Trinajstić information content (AvgIpc) is 3.53. The summed E-state index contributed by atoms with van der Waals surface area (Å²) >= 11 is 29.4. The Balaban J connectivity index is 0.000000770. The normalized spacial score (nSPS) is 10.7. The summed E-state index contributed by atoms with van der Waals surface area (Å²) in [5, 5.41) is 19.6. The predicted octanol–water partition coefficient (Wildman–Crippen LogP) is 6.43. The van der Waals surface area contributed by atoms with Gasteiger partial charge in [-0.25, -0.2) is 9.98 Å². The number of benzene rings is 2. The SMILES string of the molecule is C.Cc1ccc(N=C(Cl)C#N)cc1.N#CC(=Nc1ccc(C(F)(F)F)cc1)NC(=O)c1snc(Cl)c1Cl.NC(=O)c1snc(Cl)c1Cl.[Cl-]. The van der Waals surface area contributed by atoms with Crippen LogP contribution in [0.15, 0.2) is 58.5 Å². The van der Waals surface area contributed by atoms with Gasteiger partial charge in [0.15, 0.2) is 10.3 Å². The molecule has 2 aromatic heterocycles. The predicted molar refractivity (Wildman–Crippen MR) is 181 cm³/mol. The molecule has 0 fully saturated rings. The van der Waals surface area contributed by atoms with Gasteiger partial charge in [0.1, 0.15) is 31.9 Å². The van der Waals surface area contributed by atoms with Crippen molar-refractivity contribution in [2.45, 2.75) is 20.5 Å². The highest BCUT2D eigenvalue weighted by Crippen LogP contribution is 2.31. The van der Waals surface area contributed by atoms with Crippen molar-refractivity contribution in [2.75, 3.05) is 0 Å². The van der Waals surface area contributed by atoms with Gasteiger partial charge in [0.25, 0.3) is 11.8 Å². The van der Waals surface area contributed by atoms with Gasteiger partial charge < -0.3 is 18.1 Å². The van der Waals surface area contributed by atoms with E-state index in [9.17, 15) is 22.8 Å². The average molecular weight is 820 g/mol. The lowest BCUT2D eigenvalue weighted by Gasteiger charge is -2.06. The molecule has 2 amide bonds. The van der Waals surface area contributed by atoms with E-state index in [1.807, 2.05) is 31.2 Å². The number of nitrogens with zero attached hydrogens (tertiary/aromatic N) is 6. The molecule has 0 radical (unpaired) electrons. The second-order valence-electron chi connectivity index (χ2n) is 8.02. The molecule has 2 aromatic carbocycles. The maximum atomic E-state index is 12.5. The number of nitrogens with one attached hydrogen (secondary N) is 1. The number of carbonyl (C=O) groups excluding carboxylic acids is 2. The van der Waals surface area contributed by atoms with Gasteiger partial charge in [0.05, 0.1) is 16.9 Å². The van der Waals surface area contributed by atoms with E-state index in [1.165, 1.54) is 0 Å². The third-order valence-corrected chi connectivity index (χ3v) is 8.53. The number of halogens is 9. The lowest BCUT2D eigenvalue weighted by atomic mass is 10.2. The molecule has 0 aliphatic rings. The highest BCUT2D eigenvalue weighted by atomic mass is 35.5. The molecule has 10 nitrogen and oxygen atoms in total. The summed E-state index contributed by atoms with van der Waals surface area (Å²) < 4.78 is 44.7. The van der Waals surface area contributed by atoms with Crippen molar-refractivity contribution in [3.8, 4) is 12.1 Å². The number of aromatic nitrogens is 2. The van der Waals surface area contributed by atoms with E-state index in [4.69, 9.17) is 74.3 Å². The van der Waals surface area contributed by atoms with E-state index in [0.29, 0.717) is 5.69 Å². The molecule has 0 unspecified atom stereocenters.